The third kappa shape index (κ3) is 7.44. The molecule has 9 heteroatoms. The van der Waals surface area contributed by atoms with E-state index < -0.39 is 5.23 Å². The Balaban J connectivity index is 2.88. The second-order valence-corrected chi connectivity index (χ2v) is 6.12. The zero-order valence-corrected chi connectivity index (χ0v) is 15.3. The van der Waals surface area contributed by atoms with Crippen molar-refractivity contribution in [3.63, 3.8) is 0 Å². The molecule has 148 valence electrons. The third-order valence-electron chi connectivity index (χ3n) is 3.95. The van der Waals surface area contributed by atoms with Crippen molar-refractivity contribution < 1.29 is 15.2 Å². The molecular weight excluding hydrogens is 340 g/mol. The second kappa shape index (κ2) is 11.5. The zero-order chi connectivity index (χ0) is 19.5. The highest BCUT2D eigenvalue weighted by atomic mass is 16.8. The summed E-state index contributed by atoms with van der Waals surface area (Å²) < 4.78 is 0. The van der Waals surface area contributed by atoms with Crippen molar-refractivity contribution in [2.24, 2.45) is 0 Å². The summed E-state index contributed by atoms with van der Waals surface area (Å²) in [7, 11) is 0. The average molecular weight is 368 g/mol. The van der Waals surface area contributed by atoms with Crippen molar-refractivity contribution in [2.45, 2.75) is 52.4 Å². The van der Waals surface area contributed by atoms with Crippen LogP contribution in [0.3, 0.4) is 0 Å². The summed E-state index contributed by atoms with van der Waals surface area (Å²) in [5.74, 6) is 0. The summed E-state index contributed by atoms with van der Waals surface area (Å²) in [5, 5.41) is 42.0. The van der Waals surface area contributed by atoms with Gasteiger partial charge in [0.25, 0.3) is 0 Å². The lowest BCUT2D eigenvalue weighted by Gasteiger charge is -2.38. The van der Waals surface area contributed by atoms with Crippen LogP contribution < -0.4 is 15.8 Å². The van der Waals surface area contributed by atoms with Gasteiger partial charge in [-0.1, -0.05) is 39.5 Å². The van der Waals surface area contributed by atoms with Crippen LogP contribution in [0, 0.1) is 10.4 Å². The molecule has 0 bridgehead atoms. The highest BCUT2D eigenvalue weighted by molar-refractivity contribution is 5.91. The normalized spacial score (nSPS) is 10.5. The second-order valence-electron chi connectivity index (χ2n) is 6.12. The number of carbonyl (C=O) groups is 1. The van der Waals surface area contributed by atoms with Gasteiger partial charge in [-0.25, -0.2) is 4.79 Å². The Hall–Kier alpha value is -2.07. The summed E-state index contributed by atoms with van der Waals surface area (Å²) >= 11 is 0. The number of hydrogen-bond donors (Lipinski definition) is 3. The number of nitrogens with one attached hydrogen (secondary N) is 1. The first-order valence-corrected chi connectivity index (χ1v) is 8.92. The molecule has 0 fully saturated rings. The molecule has 2 amide bonds. The van der Waals surface area contributed by atoms with Gasteiger partial charge in [-0.3, -0.25) is 10.4 Å². The monoisotopic (exact) mass is 368 g/mol. The molecule has 1 aromatic rings. The van der Waals surface area contributed by atoms with Gasteiger partial charge in [0.1, 0.15) is 0 Å². The molecule has 0 atom stereocenters. The van der Waals surface area contributed by atoms with Gasteiger partial charge in [0.2, 0.25) is 0 Å². The van der Waals surface area contributed by atoms with Gasteiger partial charge in [-0.2, -0.15) is 0 Å². The molecule has 0 aliphatic heterocycles. The maximum atomic E-state index is 12.6. The van der Waals surface area contributed by atoms with Crippen molar-refractivity contribution in [3.8, 4) is 0 Å². The molecule has 0 heterocycles. The van der Waals surface area contributed by atoms with Crippen molar-refractivity contribution in [1.29, 1.82) is 0 Å². The third-order valence-corrected chi connectivity index (χ3v) is 3.95. The highest BCUT2D eigenvalue weighted by Crippen LogP contribution is 2.26. The van der Waals surface area contributed by atoms with Gasteiger partial charge in [0.15, 0.2) is 0 Å². The van der Waals surface area contributed by atoms with E-state index in [1.807, 2.05) is 0 Å². The van der Waals surface area contributed by atoms with Gasteiger partial charge >= 0.3 is 6.03 Å². The Morgan fingerprint density at radius 3 is 1.96 bits per heavy atom. The Morgan fingerprint density at radius 2 is 1.50 bits per heavy atom. The van der Waals surface area contributed by atoms with E-state index in [4.69, 9.17) is 10.4 Å². The molecule has 0 saturated heterocycles. The van der Waals surface area contributed by atoms with Crippen LogP contribution in [0.5, 0.6) is 0 Å². The number of amides is 2. The largest absolute Gasteiger partial charge is 0.769 e. The van der Waals surface area contributed by atoms with E-state index in [-0.39, 0.29) is 28.3 Å². The molecule has 9 nitrogen and oxygen atoms in total. The topological polar surface area (TPSA) is 125 Å². The Kier molecular flexibility index (Phi) is 9.74. The number of unbranched alkanes of at least 4 members (excludes halogenated alkanes) is 4. The van der Waals surface area contributed by atoms with E-state index in [1.54, 1.807) is 4.90 Å². The summed E-state index contributed by atoms with van der Waals surface area (Å²) in [6, 6.07) is 3.07. The minimum absolute atomic E-state index is 0.128. The fourth-order valence-electron chi connectivity index (χ4n) is 2.51. The van der Waals surface area contributed by atoms with Gasteiger partial charge in [-0.05, 0) is 31.0 Å². The van der Waals surface area contributed by atoms with Crippen molar-refractivity contribution in [3.05, 3.63) is 28.6 Å². The van der Waals surface area contributed by atoms with E-state index in [0.29, 0.717) is 13.1 Å². The maximum absolute atomic E-state index is 12.6. The maximum Gasteiger partial charge on any atom is 0.321 e. The van der Waals surface area contributed by atoms with Crippen LogP contribution in [-0.2, 0) is 0 Å². The number of urea groups is 1. The molecule has 0 radical (unpaired) electrons. The van der Waals surface area contributed by atoms with Gasteiger partial charge in [0, 0.05) is 24.5 Å². The van der Waals surface area contributed by atoms with E-state index in [1.165, 1.54) is 12.1 Å². The average Bonchev–Trinajstić information content (AvgIpc) is 2.60. The smallest absolute Gasteiger partial charge is 0.321 e. The summed E-state index contributed by atoms with van der Waals surface area (Å²) in [6.07, 6.45) is 5.89. The highest BCUT2D eigenvalue weighted by Gasteiger charge is 2.14. The minimum Gasteiger partial charge on any atom is -0.769 e. The predicted octanol–water partition coefficient (Wildman–Crippen LogP) is 4.29. The van der Waals surface area contributed by atoms with Crippen LogP contribution in [0.25, 0.3) is 0 Å². The molecule has 0 aliphatic carbocycles. The molecule has 3 N–H and O–H groups in total. The van der Waals surface area contributed by atoms with Gasteiger partial charge < -0.3 is 25.9 Å². The minimum atomic E-state index is -0.664. The number of anilines is 3. The lowest BCUT2D eigenvalue weighted by molar-refractivity contribution is 0.0292. The lowest BCUT2D eigenvalue weighted by Crippen LogP contribution is -2.36. The van der Waals surface area contributed by atoms with Crippen molar-refractivity contribution in [2.75, 3.05) is 28.9 Å². The van der Waals surface area contributed by atoms with E-state index in [9.17, 15) is 15.2 Å². The quantitative estimate of drug-likeness (QED) is 0.393. The van der Waals surface area contributed by atoms with E-state index >= 15 is 0 Å². The van der Waals surface area contributed by atoms with Crippen LogP contribution in [0.4, 0.5) is 21.9 Å². The standard InChI is InChI=1S/C17H28N4O5/c1-3-5-7-9-19(10-8-6-4-2)17(22)18-14-11-15(20(23)24)13-16(12-14)21(25)26/h11-13,23-24H,3-10H2,1-2H3,(H,18,22)/q-2. The first-order chi connectivity index (χ1) is 12.4. The fraction of sp³-hybridized carbons (Fsp3) is 0.588. The SMILES string of the molecule is CCCCCN(CCCCC)C(=O)Nc1cc(N([O-])[O-])cc(N(O)O)c1. The van der Waals surface area contributed by atoms with Crippen molar-refractivity contribution in [1.82, 2.24) is 4.90 Å². The first-order valence-electron chi connectivity index (χ1n) is 8.92. The molecule has 1 aromatic carbocycles. The number of hydrogen-bond acceptors (Lipinski definition) is 7. The molecule has 0 unspecified atom stereocenters. The molecular formula is C17H28N4O5-2. The van der Waals surface area contributed by atoms with Crippen LogP contribution >= 0.6 is 0 Å². The predicted molar refractivity (Wildman–Crippen MR) is 101 cm³/mol. The van der Waals surface area contributed by atoms with Crippen LogP contribution in [-0.4, -0.2) is 34.4 Å². The molecule has 0 saturated carbocycles. The molecule has 0 spiro atoms. The number of rotatable bonds is 11. The Labute approximate surface area is 153 Å². The fourth-order valence-corrected chi connectivity index (χ4v) is 2.51. The van der Waals surface area contributed by atoms with E-state index in [0.717, 1.165) is 44.6 Å². The van der Waals surface area contributed by atoms with Gasteiger partial charge in [-0.15, -0.1) is 5.23 Å². The number of benzene rings is 1. The van der Waals surface area contributed by atoms with Crippen LogP contribution in [0.15, 0.2) is 18.2 Å². The summed E-state index contributed by atoms with van der Waals surface area (Å²) in [4.78, 5) is 14.3. The van der Waals surface area contributed by atoms with Crippen LogP contribution in [0.2, 0.25) is 0 Å². The molecule has 26 heavy (non-hydrogen) atoms. The molecule has 0 aliphatic rings. The zero-order valence-electron chi connectivity index (χ0n) is 15.3. The number of carbonyl (C=O) groups excluding carboxylic acids is 1. The first kappa shape index (κ1) is 22.0. The summed E-state index contributed by atoms with van der Waals surface area (Å²) in [6.45, 7) is 5.39. The van der Waals surface area contributed by atoms with E-state index in [2.05, 4.69) is 19.2 Å². The Morgan fingerprint density at radius 1 is 0.962 bits per heavy atom. The summed E-state index contributed by atoms with van der Waals surface area (Å²) in [5.41, 5.74) is -0.435. The molecule has 0 aromatic heterocycles. The number of nitrogens with zero attached hydrogens (tertiary/aromatic N) is 3. The molecule has 1 rings (SSSR count). The van der Waals surface area contributed by atoms with Crippen LogP contribution in [0.1, 0.15) is 52.4 Å². The lowest BCUT2D eigenvalue weighted by atomic mass is 10.2. The Bertz CT molecular complexity index is 518. The van der Waals surface area contributed by atoms with Crippen molar-refractivity contribution >= 4 is 23.1 Å². The van der Waals surface area contributed by atoms with Gasteiger partial charge in [0.05, 0.1) is 5.69 Å².